The second kappa shape index (κ2) is 6.62. The van der Waals surface area contributed by atoms with E-state index >= 15 is 0 Å². The summed E-state index contributed by atoms with van der Waals surface area (Å²) >= 11 is 3.01. The van der Waals surface area contributed by atoms with E-state index in [2.05, 4.69) is 20.7 Å². The molecule has 0 aliphatic carbocycles. The molecule has 0 bridgehead atoms. The van der Waals surface area contributed by atoms with Gasteiger partial charge in [-0.1, -0.05) is 18.1 Å². The second-order valence-corrected chi connectivity index (χ2v) is 6.05. The Morgan fingerprint density at radius 3 is 2.80 bits per heavy atom. The van der Waals surface area contributed by atoms with Crippen molar-refractivity contribution in [2.45, 2.75) is 21.9 Å². The lowest BCUT2D eigenvalue weighted by atomic mass is 10.2. The van der Waals surface area contributed by atoms with Gasteiger partial charge in [-0.05, 0) is 40.1 Å². The van der Waals surface area contributed by atoms with Gasteiger partial charge >= 0.3 is 0 Å². The summed E-state index contributed by atoms with van der Waals surface area (Å²) in [6.45, 7) is 2.05. The first-order chi connectivity index (χ1) is 9.67. The molecule has 2 rings (SSSR count). The van der Waals surface area contributed by atoms with Crippen LogP contribution in [0.3, 0.4) is 0 Å². The van der Waals surface area contributed by atoms with E-state index in [4.69, 9.17) is 10.9 Å². The Morgan fingerprint density at radius 1 is 1.45 bits per heavy atom. The fourth-order valence-corrected chi connectivity index (χ4v) is 3.40. The van der Waals surface area contributed by atoms with Gasteiger partial charge in [0.15, 0.2) is 5.84 Å². The van der Waals surface area contributed by atoms with Crippen molar-refractivity contribution >= 4 is 29.4 Å². The summed E-state index contributed by atoms with van der Waals surface area (Å²) in [5.41, 5.74) is 6.51. The molecule has 0 radical (unpaired) electrons. The van der Waals surface area contributed by atoms with E-state index in [-0.39, 0.29) is 5.84 Å². The van der Waals surface area contributed by atoms with Gasteiger partial charge in [0.2, 0.25) is 5.16 Å². The van der Waals surface area contributed by atoms with Gasteiger partial charge in [-0.25, -0.2) is 4.68 Å². The number of benzene rings is 1. The SMILES string of the molecule is CCSc1cccc(Sc2nnnn2C)c1/C(N)=N/O. The van der Waals surface area contributed by atoms with Crippen molar-refractivity contribution in [3.05, 3.63) is 23.8 Å². The minimum atomic E-state index is 0.0826. The van der Waals surface area contributed by atoms with Gasteiger partial charge in [-0.2, -0.15) is 0 Å². The first-order valence-electron chi connectivity index (χ1n) is 5.81. The van der Waals surface area contributed by atoms with Crippen LogP contribution in [0.5, 0.6) is 0 Å². The standard InChI is InChI=1S/C11H14N6OS2/c1-3-19-7-5-4-6-8(9(7)10(12)14-18)20-11-13-15-16-17(11)2/h4-6,18H,3H2,1-2H3,(H2,12,14). The number of thioether (sulfide) groups is 1. The molecule has 0 unspecified atom stereocenters. The summed E-state index contributed by atoms with van der Waals surface area (Å²) in [6, 6.07) is 5.77. The van der Waals surface area contributed by atoms with Crippen molar-refractivity contribution in [1.29, 1.82) is 0 Å². The highest BCUT2D eigenvalue weighted by atomic mass is 32.2. The number of tetrazole rings is 1. The average Bonchev–Trinajstić information content (AvgIpc) is 2.84. The van der Waals surface area contributed by atoms with Crippen LogP contribution in [0.4, 0.5) is 0 Å². The van der Waals surface area contributed by atoms with E-state index in [0.717, 1.165) is 15.5 Å². The third kappa shape index (κ3) is 3.05. The molecule has 0 fully saturated rings. The summed E-state index contributed by atoms with van der Waals surface area (Å²) in [7, 11) is 1.76. The molecule has 1 heterocycles. The highest BCUT2D eigenvalue weighted by Crippen LogP contribution is 2.34. The summed E-state index contributed by atoms with van der Waals surface area (Å²) in [5, 5.41) is 24.1. The minimum absolute atomic E-state index is 0.0826. The Labute approximate surface area is 124 Å². The average molecular weight is 310 g/mol. The topological polar surface area (TPSA) is 102 Å². The molecule has 0 saturated carbocycles. The number of amidine groups is 1. The van der Waals surface area contributed by atoms with Gasteiger partial charge < -0.3 is 10.9 Å². The first kappa shape index (κ1) is 14.7. The monoisotopic (exact) mass is 310 g/mol. The number of nitrogens with two attached hydrogens (primary N) is 1. The van der Waals surface area contributed by atoms with Gasteiger partial charge in [0, 0.05) is 22.4 Å². The number of hydrogen-bond donors (Lipinski definition) is 2. The Balaban J connectivity index is 2.46. The number of oxime groups is 1. The molecule has 0 aliphatic heterocycles. The van der Waals surface area contributed by atoms with Gasteiger partial charge in [0.05, 0.1) is 0 Å². The normalized spacial score (nSPS) is 11.8. The molecule has 1 aromatic carbocycles. The number of aromatic nitrogens is 4. The molecule has 3 N–H and O–H groups in total. The lowest BCUT2D eigenvalue weighted by molar-refractivity contribution is 0.318. The van der Waals surface area contributed by atoms with Crippen LogP contribution >= 0.6 is 23.5 Å². The molecule has 0 atom stereocenters. The number of aryl methyl sites for hydroxylation is 1. The summed E-state index contributed by atoms with van der Waals surface area (Å²) in [6.07, 6.45) is 0. The number of hydrogen-bond acceptors (Lipinski definition) is 7. The van der Waals surface area contributed by atoms with E-state index in [1.54, 1.807) is 23.5 Å². The van der Waals surface area contributed by atoms with Gasteiger partial charge in [0.25, 0.3) is 0 Å². The van der Waals surface area contributed by atoms with Crippen LogP contribution in [0.25, 0.3) is 0 Å². The maximum Gasteiger partial charge on any atom is 0.213 e. The molecule has 1 aromatic heterocycles. The molecule has 2 aromatic rings. The van der Waals surface area contributed by atoms with Crippen LogP contribution in [0.15, 0.2) is 38.3 Å². The molecule has 0 spiro atoms. The van der Waals surface area contributed by atoms with Crippen LogP contribution in [0, 0.1) is 0 Å². The van der Waals surface area contributed by atoms with Gasteiger partial charge in [-0.15, -0.1) is 16.9 Å². The first-order valence-corrected chi connectivity index (χ1v) is 7.61. The third-order valence-corrected chi connectivity index (χ3v) is 4.46. The fraction of sp³-hybridized carbons (Fsp3) is 0.273. The van der Waals surface area contributed by atoms with Crippen molar-refractivity contribution < 1.29 is 5.21 Å². The van der Waals surface area contributed by atoms with Crippen molar-refractivity contribution in [2.75, 3.05) is 5.75 Å². The molecular weight excluding hydrogens is 296 g/mol. The quantitative estimate of drug-likeness (QED) is 0.284. The maximum atomic E-state index is 8.98. The summed E-state index contributed by atoms with van der Waals surface area (Å²) in [5.74, 6) is 0.977. The summed E-state index contributed by atoms with van der Waals surface area (Å²) in [4.78, 5) is 1.81. The Morgan fingerprint density at radius 2 is 2.20 bits per heavy atom. The van der Waals surface area contributed by atoms with Crippen LogP contribution in [0.2, 0.25) is 0 Å². The lowest BCUT2D eigenvalue weighted by Crippen LogP contribution is -2.15. The minimum Gasteiger partial charge on any atom is -0.409 e. The second-order valence-electron chi connectivity index (χ2n) is 3.73. The largest absolute Gasteiger partial charge is 0.409 e. The van der Waals surface area contributed by atoms with E-state index in [1.807, 2.05) is 25.1 Å². The van der Waals surface area contributed by atoms with Crippen molar-refractivity contribution in [3.8, 4) is 0 Å². The molecule has 0 aliphatic rings. The summed E-state index contributed by atoms with van der Waals surface area (Å²) < 4.78 is 1.57. The predicted octanol–water partition coefficient (Wildman–Crippen LogP) is 1.57. The van der Waals surface area contributed by atoms with E-state index in [9.17, 15) is 0 Å². The highest BCUT2D eigenvalue weighted by molar-refractivity contribution is 8.00. The molecule has 7 nitrogen and oxygen atoms in total. The molecular formula is C11H14N6OS2. The van der Waals surface area contributed by atoms with Crippen molar-refractivity contribution in [3.63, 3.8) is 0 Å². The zero-order valence-corrected chi connectivity index (χ0v) is 12.6. The Bertz CT molecular complexity index is 627. The van der Waals surface area contributed by atoms with Crippen LogP contribution in [0.1, 0.15) is 12.5 Å². The molecule has 0 amide bonds. The zero-order chi connectivity index (χ0) is 14.5. The van der Waals surface area contributed by atoms with Crippen LogP contribution in [-0.2, 0) is 7.05 Å². The maximum absolute atomic E-state index is 8.98. The molecule has 9 heteroatoms. The van der Waals surface area contributed by atoms with Crippen LogP contribution in [-0.4, -0.2) is 37.0 Å². The van der Waals surface area contributed by atoms with Crippen LogP contribution < -0.4 is 5.73 Å². The number of nitrogens with zero attached hydrogens (tertiary/aromatic N) is 5. The Hall–Kier alpha value is -1.74. The van der Waals surface area contributed by atoms with Crippen molar-refractivity contribution in [1.82, 2.24) is 20.2 Å². The smallest absolute Gasteiger partial charge is 0.213 e. The molecule has 106 valence electrons. The van der Waals surface area contributed by atoms with E-state index in [0.29, 0.717) is 10.7 Å². The lowest BCUT2D eigenvalue weighted by Gasteiger charge is -2.11. The third-order valence-electron chi connectivity index (χ3n) is 2.43. The van der Waals surface area contributed by atoms with Crippen molar-refractivity contribution in [2.24, 2.45) is 17.9 Å². The molecule has 0 saturated heterocycles. The highest BCUT2D eigenvalue weighted by Gasteiger charge is 2.16. The van der Waals surface area contributed by atoms with Gasteiger partial charge in [-0.3, -0.25) is 0 Å². The molecule has 20 heavy (non-hydrogen) atoms. The van der Waals surface area contributed by atoms with E-state index < -0.39 is 0 Å². The van der Waals surface area contributed by atoms with E-state index in [1.165, 1.54) is 11.8 Å². The Kier molecular flexibility index (Phi) is 4.85. The zero-order valence-electron chi connectivity index (χ0n) is 11.0. The van der Waals surface area contributed by atoms with Gasteiger partial charge in [0.1, 0.15) is 0 Å². The fourth-order valence-electron chi connectivity index (χ4n) is 1.58. The number of rotatable bonds is 5. The predicted molar refractivity (Wildman–Crippen MR) is 78.3 cm³/mol.